The molecule has 5 aromatic rings. The van der Waals surface area contributed by atoms with Gasteiger partial charge in [0.2, 0.25) is 0 Å². The van der Waals surface area contributed by atoms with Crippen molar-refractivity contribution in [3.05, 3.63) is 59.3 Å². The van der Waals surface area contributed by atoms with Gasteiger partial charge in [-0.05, 0) is 11.4 Å². The van der Waals surface area contributed by atoms with E-state index in [0.717, 1.165) is 17.2 Å². The van der Waals surface area contributed by atoms with Gasteiger partial charge in [-0.3, -0.25) is 14.2 Å². The van der Waals surface area contributed by atoms with Crippen molar-refractivity contribution in [1.29, 1.82) is 0 Å². The number of fused-ring (bicyclic) bond motifs is 3. The predicted octanol–water partition coefficient (Wildman–Crippen LogP) is 1.32. The van der Waals surface area contributed by atoms with Crippen LogP contribution in [0, 0.1) is 5.82 Å². The second kappa shape index (κ2) is 8.04. The van der Waals surface area contributed by atoms with Crippen LogP contribution in [-0.2, 0) is 14.1 Å². The van der Waals surface area contributed by atoms with E-state index in [9.17, 15) is 4.79 Å². The smallest absolute Gasteiger partial charge is 0.334 e. The fraction of sp³-hybridized carbons (Fsp3) is 0.182. The van der Waals surface area contributed by atoms with Crippen LogP contribution in [0.5, 0.6) is 11.5 Å². The topological polar surface area (TPSA) is 89.0 Å². The molecular formula is C22H16B3FN6O3. The molecule has 9 nitrogen and oxygen atoms in total. The average molecular weight is 464 g/mol. The summed E-state index contributed by atoms with van der Waals surface area (Å²) in [5.41, 5.74) is 2.46. The summed E-state index contributed by atoms with van der Waals surface area (Å²) in [7, 11) is 21.2. The summed E-state index contributed by atoms with van der Waals surface area (Å²) in [5, 5.41) is 2.80. The Balaban J connectivity index is 1.81. The average Bonchev–Trinajstić information content (AvgIpc) is 3.33. The molecule has 1 aromatic carbocycles. The lowest BCUT2D eigenvalue weighted by Gasteiger charge is -2.23. The Hall–Kier alpha value is -4.02. The first-order chi connectivity index (χ1) is 16.6. The number of ether oxygens (including phenoxy) is 2. The Bertz CT molecular complexity index is 1670. The van der Waals surface area contributed by atoms with E-state index in [2.05, 4.69) is 15.1 Å². The Morgan fingerprint density at radius 1 is 1.06 bits per heavy atom. The first-order valence-corrected chi connectivity index (χ1v) is 10.4. The first-order valence-electron chi connectivity index (χ1n) is 10.4. The molecule has 0 amide bonds. The molecule has 35 heavy (non-hydrogen) atoms. The van der Waals surface area contributed by atoms with Crippen molar-refractivity contribution in [1.82, 2.24) is 28.9 Å². The molecule has 0 spiro atoms. The van der Waals surface area contributed by atoms with E-state index in [1.165, 1.54) is 15.3 Å². The molecule has 0 saturated carbocycles. The van der Waals surface area contributed by atoms with Gasteiger partial charge < -0.3 is 9.47 Å². The quantitative estimate of drug-likeness (QED) is 0.365. The lowest BCUT2D eigenvalue weighted by atomic mass is 9.52. The van der Waals surface area contributed by atoms with Crippen molar-refractivity contribution in [2.24, 2.45) is 14.1 Å². The third kappa shape index (κ3) is 3.86. The number of nitrogens with zero attached hydrogens (tertiary/aromatic N) is 6. The Morgan fingerprint density at radius 2 is 1.83 bits per heavy atom. The lowest BCUT2D eigenvalue weighted by molar-refractivity contribution is 0.315. The number of aryl methyl sites for hydroxylation is 2. The highest BCUT2D eigenvalue weighted by Crippen LogP contribution is 2.36. The van der Waals surface area contributed by atoms with Crippen LogP contribution in [0.15, 0.2) is 47.8 Å². The van der Waals surface area contributed by atoms with Gasteiger partial charge in [-0.1, -0.05) is 0 Å². The highest BCUT2D eigenvalue weighted by Gasteiger charge is 2.22. The first kappa shape index (κ1) is 22.8. The minimum Gasteiger partial charge on any atom is -0.514 e. The number of halogens is 1. The van der Waals surface area contributed by atoms with E-state index < -0.39 is 16.8 Å². The van der Waals surface area contributed by atoms with Crippen molar-refractivity contribution >= 4 is 45.5 Å². The summed E-state index contributed by atoms with van der Waals surface area (Å²) in [6, 6.07) is 4.59. The monoisotopic (exact) mass is 464 g/mol. The zero-order valence-electron chi connectivity index (χ0n) is 19.1. The van der Waals surface area contributed by atoms with Crippen LogP contribution in [0.3, 0.4) is 0 Å². The second-order valence-electron chi connectivity index (χ2n) is 8.07. The van der Waals surface area contributed by atoms with E-state index in [4.69, 9.17) is 33.0 Å². The molecule has 0 fully saturated rings. The number of hydrogen-bond donors (Lipinski definition) is 0. The van der Waals surface area contributed by atoms with E-state index in [0.29, 0.717) is 27.7 Å². The number of imidazole rings is 1. The van der Waals surface area contributed by atoms with Crippen LogP contribution >= 0.6 is 0 Å². The van der Waals surface area contributed by atoms with Crippen LogP contribution < -0.4 is 15.2 Å². The number of pyridine rings is 2. The third-order valence-electron chi connectivity index (χ3n) is 5.52. The van der Waals surface area contributed by atoms with Gasteiger partial charge in [0.25, 0.3) is 0 Å². The summed E-state index contributed by atoms with van der Waals surface area (Å²) in [4.78, 5) is 21.8. The van der Waals surface area contributed by atoms with E-state index in [-0.39, 0.29) is 11.6 Å². The maximum atomic E-state index is 15.2. The molecular weight excluding hydrogens is 448 g/mol. The molecule has 0 aliphatic carbocycles. The summed E-state index contributed by atoms with van der Waals surface area (Å²) in [5.74, 6) is -0.604. The minimum absolute atomic E-state index is 0.0952. The summed E-state index contributed by atoms with van der Waals surface area (Å²) < 4.78 is 30.1. The second-order valence-corrected chi connectivity index (χ2v) is 8.07. The zero-order chi connectivity index (χ0) is 25.1. The number of hydrogen-bond acceptors (Lipinski definition) is 6. The van der Waals surface area contributed by atoms with Gasteiger partial charge in [-0.2, -0.15) is 5.10 Å². The number of aromatic nitrogens is 6. The lowest BCUT2D eigenvalue weighted by Crippen LogP contribution is -2.37. The van der Waals surface area contributed by atoms with Crippen LogP contribution in [-0.4, -0.2) is 64.8 Å². The molecule has 0 atom stereocenters. The number of rotatable bonds is 5. The molecule has 0 saturated heterocycles. The van der Waals surface area contributed by atoms with Gasteiger partial charge >= 0.3 is 5.69 Å². The maximum Gasteiger partial charge on any atom is 0.334 e. The summed E-state index contributed by atoms with van der Waals surface area (Å²) >= 11 is 0. The van der Waals surface area contributed by atoms with E-state index in [1.807, 2.05) is 12.3 Å². The van der Waals surface area contributed by atoms with Gasteiger partial charge in [-0.25, -0.2) is 18.7 Å². The molecule has 4 heterocycles. The molecule has 0 N–H and O–H groups in total. The zero-order valence-corrected chi connectivity index (χ0v) is 19.1. The molecule has 0 aliphatic rings. The minimum atomic E-state index is -2.02. The van der Waals surface area contributed by atoms with Gasteiger partial charge in [0.15, 0.2) is 11.6 Å². The van der Waals surface area contributed by atoms with E-state index >= 15 is 4.39 Å². The Morgan fingerprint density at radius 3 is 2.46 bits per heavy atom. The molecule has 0 aliphatic heterocycles. The van der Waals surface area contributed by atoms with Gasteiger partial charge in [0.05, 0.1) is 42.3 Å². The van der Waals surface area contributed by atoms with Gasteiger partial charge in [0, 0.05) is 48.9 Å². The highest BCUT2D eigenvalue weighted by molar-refractivity contribution is 6.58. The van der Waals surface area contributed by atoms with Gasteiger partial charge in [0.1, 0.15) is 35.0 Å². The third-order valence-corrected chi connectivity index (χ3v) is 5.52. The fourth-order valence-corrected chi connectivity index (χ4v) is 4.01. The normalized spacial score (nSPS) is 11.9. The van der Waals surface area contributed by atoms with Crippen molar-refractivity contribution in [3.8, 4) is 28.4 Å². The van der Waals surface area contributed by atoms with Crippen molar-refractivity contribution < 1.29 is 13.9 Å². The van der Waals surface area contributed by atoms with Crippen LogP contribution in [0.4, 0.5) is 4.39 Å². The summed E-state index contributed by atoms with van der Waals surface area (Å²) in [6.45, 7) is 0. The van der Waals surface area contributed by atoms with Crippen LogP contribution in [0.1, 0.15) is 0 Å². The molecule has 0 bridgehead atoms. The Kier molecular flexibility index (Phi) is 5.23. The Labute approximate surface area is 202 Å². The van der Waals surface area contributed by atoms with Gasteiger partial charge in [-0.15, -0.1) is 0 Å². The molecule has 0 unspecified atom stereocenters. The van der Waals surface area contributed by atoms with Crippen molar-refractivity contribution in [3.63, 3.8) is 0 Å². The number of methoxy groups -OCH3 is 1. The maximum absolute atomic E-state index is 15.2. The molecule has 168 valence electrons. The van der Waals surface area contributed by atoms with Crippen molar-refractivity contribution in [2.45, 2.75) is 5.30 Å². The molecule has 13 heteroatoms. The fourth-order valence-electron chi connectivity index (χ4n) is 4.01. The SMILES string of the molecule is [B]C([B])([B])Oc1cnc(-n2c(=O)n(C)c3cnc4cc(OC)c(-c5cnn(C)c5)cc4c32)c(F)c1. The molecule has 6 radical (unpaired) electrons. The predicted molar refractivity (Wildman–Crippen MR) is 131 cm³/mol. The molecule has 5 rings (SSSR count). The van der Waals surface area contributed by atoms with Crippen molar-refractivity contribution in [2.75, 3.05) is 7.11 Å². The summed E-state index contributed by atoms with van der Waals surface area (Å²) in [6.07, 6.45) is 6.25. The van der Waals surface area contributed by atoms with E-state index in [1.54, 1.807) is 44.3 Å². The molecule has 4 aromatic heterocycles. The number of benzene rings is 1. The highest BCUT2D eigenvalue weighted by atomic mass is 19.1. The van der Waals surface area contributed by atoms with Crippen LogP contribution in [0.25, 0.3) is 38.9 Å². The standard InChI is InChI=1S/C22H16B3FN6O3/c1-30-10-11(7-29-30)13-5-14-16(6-18(13)34-3)27-9-17-19(14)32(21(33)31(17)2)20-15(26)4-12(8-28-20)35-22(23,24)25/h4-10H,1-3H3. The van der Waals surface area contributed by atoms with Crippen LogP contribution in [0.2, 0.25) is 0 Å². The largest absolute Gasteiger partial charge is 0.514 e.